The zero-order valence-electron chi connectivity index (χ0n) is 15.3. The van der Waals surface area contributed by atoms with E-state index in [1.54, 1.807) is 12.1 Å². The van der Waals surface area contributed by atoms with Crippen molar-refractivity contribution in [3.05, 3.63) is 35.4 Å². The Balaban J connectivity index is 0.00000243. The smallest absolute Gasteiger partial charge is 0.316 e. The third kappa shape index (κ3) is 5.84. The van der Waals surface area contributed by atoms with Crippen molar-refractivity contribution in [2.45, 2.75) is 32.5 Å². The van der Waals surface area contributed by atoms with Crippen LogP contribution in [0.3, 0.4) is 0 Å². The third-order valence-electron chi connectivity index (χ3n) is 5.43. The van der Waals surface area contributed by atoms with Gasteiger partial charge in [0, 0.05) is 32.7 Å². The summed E-state index contributed by atoms with van der Waals surface area (Å²) in [6.07, 6.45) is -1.91. The van der Waals surface area contributed by atoms with Crippen LogP contribution in [-0.4, -0.2) is 55.6 Å². The Morgan fingerprint density at radius 3 is 2.31 bits per heavy atom. The summed E-state index contributed by atoms with van der Waals surface area (Å²) in [6, 6.07) is 5.59. The Hall–Kier alpha value is -0.820. The van der Waals surface area contributed by atoms with Gasteiger partial charge in [-0.15, -0.1) is 12.4 Å². The molecule has 1 unspecified atom stereocenters. The first-order valence-corrected chi connectivity index (χ1v) is 9.16. The molecule has 2 heterocycles. The van der Waals surface area contributed by atoms with E-state index in [4.69, 9.17) is 0 Å². The highest BCUT2D eigenvalue weighted by Gasteiger charge is 2.31. The van der Waals surface area contributed by atoms with Gasteiger partial charge in [-0.3, -0.25) is 4.90 Å². The van der Waals surface area contributed by atoms with Crippen molar-refractivity contribution in [2.75, 3.05) is 45.8 Å². The zero-order chi connectivity index (χ0) is 17.9. The Kier molecular flexibility index (Phi) is 7.36. The number of hydrogen-bond acceptors (Lipinski definition) is 3. The number of hydrogen-bond donors (Lipinski definition) is 1. The lowest BCUT2D eigenvalue weighted by atomic mass is 9.89. The molecule has 1 aromatic rings. The standard InChI is InChI=1S/C19H28F3N3.ClH/c1-18(7-8-23-14-18)15-25-10-2-9-24(11-12-25)13-16-3-5-17(6-4-16)19(20,21)22;/h3-6,23H,2,7-15H2,1H3;1H. The van der Waals surface area contributed by atoms with Crippen LogP contribution in [0.25, 0.3) is 0 Å². The number of benzene rings is 1. The highest BCUT2D eigenvalue weighted by molar-refractivity contribution is 5.85. The minimum absolute atomic E-state index is 0. The van der Waals surface area contributed by atoms with Crippen LogP contribution in [-0.2, 0) is 12.7 Å². The van der Waals surface area contributed by atoms with Gasteiger partial charge in [0.1, 0.15) is 0 Å². The summed E-state index contributed by atoms with van der Waals surface area (Å²) in [5.41, 5.74) is 0.757. The Bertz CT molecular complexity index is 556. The second-order valence-corrected chi connectivity index (χ2v) is 7.84. The fourth-order valence-electron chi connectivity index (χ4n) is 3.94. The molecule has 1 atom stereocenters. The van der Waals surface area contributed by atoms with E-state index < -0.39 is 11.7 Å². The second-order valence-electron chi connectivity index (χ2n) is 7.84. The Morgan fingerprint density at radius 1 is 1.04 bits per heavy atom. The fraction of sp³-hybridized carbons (Fsp3) is 0.684. The first-order chi connectivity index (χ1) is 11.8. The van der Waals surface area contributed by atoms with Crippen molar-refractivity contribution in [3.63, 3.8) is 0 Å². The number of rotatable bonds is 4. The predicted molar refractivity (Wildman–Crippen MR) is 101 cm³/mol. The molecule has 7 heteroatoms. The van der Waals surface area contributed by atoms with E-state index in [0.717, 1.165) is 64.3 Å². The van der Waals surface area contributed by atoms with Crippen molar-refractivity contribution in [2.24, 2.45) is 5.41 Å². The third-order valence-corrected chi connectivity index (χ3v) is 5.43. The molecule has 0 spiro atoms. The zero-order valence-corrected chi connectivity index (χ0v) is 16.1. The molecule has 0 saturated carbocycles. The number of nitrogens with zero attached hydrogens (tertiary/aromatic N) is 2. The van der Waals surface area contributed by atoms with Crippen LogP contribution in [0, 0.1) is 5.41 Å². The van der Waals surface area contributed by atoms with Gasteiger partial charge in [-0.25, -0.2) is 0 Å². The predicted octanol–water partition coefficient (Wildman–Crippen LogP) is 3.63. The van der Waals surface area contributed by atoms with Gasteiger partial charge in [-0.2, -0.15) is 13.2 Å². The monoisotopic (exact) mass is 391 g/mol. The van der Waals surface area contributed by atoms with Crippen LogP contribution in [0.15, 0.2) is 24.3 Å². The van der Waals surface area contributed by atoms with Gasteiger partial charge in [-0.05, 0) is 55.6 Å². The van der Waals surface area contributed by atoms with Crippen molar-refractivity contribution in [1.82, 2.24) is 15.1 Å². The molecular weight excluding hydrogens is 363 g/mol. The van der Waals surface area contributed by atoms with Gasteiger partial charge in [0.05, 0.1) is 5.56 Å². The van der Waals surface area contributed by atoms with Crippen LogP contribution < -0.4 is 5.32 Å². The maximum Gasteiger partial charge on any atom is 0.416 e. The van der Waals surface area contributed by atoms with E-state index in [-0.39, 0.29) is 12.4 Å². The minimum Gasteiger partial charge on any atom is -0.316 e. The van der Waals surface area contributed by atoms with E-state index in [2.05, 4.69) is 22.0 Å². The lowest BCUT2D eigenvalue weighted by Crippen LogP contribution is -2.39. The molecule has 0 bridgehead atoms. The van der Waals surface area contributed by atoms with E-state index in [1.165, 1.54) is 18.6 Å². The van der Waals surface area contributed by atoms with E-state index in [1.807, 2.05) is 0 Å². The molecule has 2 fully saturated rings. The minimum atomic E-state index is -4.26. The first-order valence-electron chi connectivity index (χ1n) is 9.16. The summed E-state index contributed by atoms with van der Waals surface area (Å²) in [4.78, 5) is 4.91. The Labute approximate surface area is 160 Å². The van der Waals surface area contributed by atoms with Gasteiger partial charge in [-0.1, -0.05) is 19.1 Å². The van der Waals surface area contributed by atoms with E-state index >= 15 is 0 Å². The van der Waals surface area contributed by atoms with Crippen molar-refractivity contribution < 1.29 is 13.2 Å². The van der Waals surface area contributed by atoms with Crippen LogP contribution >= 0.6 is 12.4 Å². The molecule has 2 aliphatic rings. The SMILES string of the molecule is CC1(CN2CCCN(Cc3ccc(C(F)(F)F)cc3)CC2)CCNC1.Cl. The lowest BCUT2D eigenvalue weighted by molar-refractivity contribution is -0.137. The quantitative estimate of drug-likeness (QED) is 0.845. The van der Waals surface area contributed by atoms with Gasteiger partial charge >= 0.3 is 6.18 Å². The van der Waals surface area contributed by atoms with Crippen LogP contribution in [0.5, 0.6) is 0 Å². The molecule has 26 heavy (non-hydrogen) atoms. The molecule has 148 valence electrons. The fourth-order valence-corrected chi connectivity index (χ4v) is 3.94. The molecular formula is C19H29ClF3N3. The van der Waals surface area contributed by atoms with E-state index in [0.29, 0.717) is 5.41 Å². The summed E-state index contributed by atoms with van der Waals surface area (Å²) in [6.45, 7) is 10.6. The van der Waals surface area contributed by atoms with Gasteiger partial charge in [0.2, 0.25) is 0 Å². The molecule has 2 saturated heterocycles. The highest BCUT2D eigenvalue weighted by atomic mass is 35.5. The van der Waals surface area contributed by atoms with Gasteiger partial charge in [0.25, 0.3) is 0 Å². The second kappa shape index (κ2) is 8.91. The van der Waals surface area contributed by atoms with Crippen molar-refractivity contribution in [1.29, 1.82) is 0 Å². The molecule has 1 N–H and O–H groups in total. The van der Waals surface area contributed by atoms with Gasteiger partial charge in [0.15, 0.2) is 0 Å². The van der Waals surface area contributed by atoms with Crippen LogP contribution in [0.2, 0.25) is 0 Å². The number of halogens is 4. The molecule has 1 aromatic carbocycles. The molecule has 0 aromatic heterocycles. The van der Waals surface area contributed by atoms with Crippen LogP contribution in [0.4, 0.5) is 13.2 Å². The first kappa shape index (κ1) is 21.5. The van der Waals surface area contributed by atoms with Gasteiger partial charge < -0.3 is 10.2 Å². The highest BCUT2D eigenvalue weighted by Crippen LogP contribution is 2.29. The maximum atomic E-state index is 12.7. The topological polar surface area (TPSA) is 18.5 Å². The summed E-state index contributed by atoms with van der Waals surface area (Å²) in [5.74, 6) is 0. The molecule has 0 amide bonds. The molecule has 2 aliphatic heterocycles. The molecule has 3 nitrogen and oxygen atoms in total. The average molecular weight is 392 g/mol. The molecule has 0 radical (unpaired) electrons. The summed E-state index contributed by atoms with van der Waals surface area (Å²) in [7, 11) is 0. The average Bonchev–Trinajstić information content (AvgIpc) is 2.86. The molecule has 3 rings (SSSR count). The summed E-state index contributed by atoms with van der Waals surface area (Å²) >= 11 is 0. The number of nitrogens with one attached hydrogen (secondary N) is 1. The Morgan fingerprint density at radius 2 is 1.69 bits per heavy atom. The van der Waals surface area contributed by atoms with E-state index in [9.17, 15) is 13.2 Å². The summed E-state index contributed by atoms with van der Waals surface area (Å²) < 4.78 is 38.0. The van der Waals surface area contributed by atoms with Crippen LogP contribution in [0.1, 0.15) is 30.9 Å². The maximum absolute atomic E-state index is 12.7. The van der Waals surface area contributed by atoms with Crippen molar-refractivity contribution >= 4 is 12.4 Å². The summed E-state index contributed by atoms with van der Waals surface area (Å²) in [5, 5.41) is 3.46. The van der Waals surface area contributed by atoms with Crippen molar-refractivity contribution in [3.8, 4) is 0 Å². The largest absolute Gasteiger partial charge is 0.416 e. The normalized spacial score (nSPS) is 25.7. The molecule has 0 aliphatic carbocycles. The lowest BCUT2D eigenvalue weighted by Gasteiger charge is -2.31. The number of alkyl halides is 3.